The van der Waals surface area contributed by atoms with E-state index in [9.17, 15) is 4.79 Å². The number of amides is 1. The molecule has 2 aliphatic rings. The zero-order valence-electron chi connectivity index (χ0n) is 11.5. The Morgan fingerprint density at radius 3 is 2.78 bits per heavy atom. The quantitative estimate of drug-likeness (QED) is 0.801. The molecule has 0 aromatic rings. The zero-order valence-corrected chi connectivity index (χ0v) is 12.2. The lowest BCUT2D eigenvalue weighted by molar-refractivity contribution is -0.132. The van der Waals surface area contributed by atoms with Crippen LogP contribution in [0.5, 0.6) is 0 Å². The number of likely N-dealkylation sites (tertiary alicyclic amines) is 1. The summed E-state index contributed by atoms with van der Waals surface area (Å²) >= 11 is 5.96. The second kappa shape index (κ2) is 5.38. The minimum Gasteiger partial charge on any atom is -0.341 e. The molecule has 1 aliphatic heterocycles. The highest BCUT2D eigenvalue weighted by molar-refractivity contribution is 6.18. The van der Waals surface area contributed by atoms with Crippen LogP contribution >= 0.6 is 11.6 Å². The molecule has 1 saturated carbocycles. The maximum absolute atomic E-state index is 12.3. The van der Waals surface area contributed by atoms with Crippen molar-refractivity contribution >= 4 is 17.5 Å². The molecule has 1 saturated heterocycles. The van der Waals surface area contributed by atoms with Crippen molar-refractivity contribution in [2.24, 2.45) is 23.0 Å². The summed E-state index contributed by atoms with van der Waals surface area (Å²) < 4.78 is 0. The summed E-state index contributed by atoms with van der Waals surface area (Å²) in [5.74, 6) is 1.77. The molecule has 2 rings (SSSR count). The molecule has 3 atom stereocenters. The van der Waals surface area contributed by atoms with Crippen LogP contribution in [-0.4, -0.2) is 35.8 Å². The lowest BCUT2D eigenvalue weighted by Gasteiger charge is -2.26. The Labute approximate surface area is 115 Å². The maximum Gasteiger partial charge on any atom is 0.239 e. The summed E-state index contributed by atoms with van der Waals surface area (Å²) in [6, 6.07) is -0.342. The third-order valence-electron chi connectivity index (χ3n) is 4.78. The molecule has 0 bridgehead atoms. The van der Waals surface area contributed by atoms with Crippen molar-refractivity contribution < 1.29 is 4.79 Å². The number of nitrogens with two attached hydrogens (primary N) is 1. The van der Waals surface area contributed by atoms with Crippen molar-refractivity contribution in [1.29, 1.82) is 0 Å². The van der Waals surface area contributed by atoms with E-state index in [0.29, 0.717) is 11.3 Å². The van der Waals surface area contributed by atoms with Gasteiger partial charge in [-0.15, -0.1) is 11.6 Å². The zero-order chi connectivity index (χ0) is 13.3. The predicted molar refractivity (Wildman–Crippen MR) is 74.5 cm³/mol. The average Bonchev–Trinajstić information content (AvgIpc) is 2.95. The van der Waals surface area contributed by atoms with Gasteiger partial charge in [0.1, 0.15) is 0 Å². The van der Waals surface area contributed by atoms with Crippen LogP contribution in [-0.2, 0) is 4.79 Å². The molecule has 0 radical (unpaired) electrons. The molecule has 104 valence electrons. The first-order chi connectivity index (χ1) is 8.47. The SMILES string of the molecule is CC(C)[C@H](N)C(=O)N1CC[C@]2(CC[C@@H](CCl)C2)C1. The first-order valence-electron chi connectivity index (χ1n) is 7.08. The molecule has 1 heterocycles. The van der Waals surface area contributed by atoms with Gasteiger partial charge in [0.15, 0.2) is 0 Å². The van der Waals surface area contributed by atoms with Crippen molar-refractivity contribution in [2.75, 3.05) is 19.0 Å². The van der Waals surface area contributed by atoms with E-state index in [1.807, 2.05) is 18.7 Å². The molecule has 0 unspecified atom stereocenters. The van der Waals surface area contributed by atoms with E-state index < -0.39 is 0 Å². The van der Waals surface area contributed by atoms with Crippen molar-refractivity contribution in [3.63, 3.8) is 0 Å². The highest BCUT2D eigenvalue weighted by atomic mass is 35.5. The van der Waals surface area contributed by atoms with Gasteiger partial charge in [-0.2, -0.15) is 0 Å². The molecule has 3 nitrogen and oxygen atoms in total. The van der Waals surface area contributed by atoms with Crippen LogP contribution < -0.4 is 5.73 Å². The molecule has 2 fully saturated rings. The van der Waals surface area contributed by atoms with E-state index in [4.69, 9.17) is 17.3 Å². The molecule has 1 amide bonds. The number of rotatable bonds is 3. The molecular formula is C14H25ClN2O. The van der Waals surface area contributed by atoms with Gasteiger partial charge in [-0.05, 0) is 42.9 Å². The van der Waals surface area contributed by atoms with Gasteiger partial charge < -0.3 is 10.6 Å². The van der Waals surface area contributed by atoms with Crippen LogP contribution in [0, 0.1) is 17.3 Å². The minimum atomic E-state index is -0.342. The van der Waals surface area contributed by atoms with Gasteiger partial charge in [0, 0.05) is 19.0 Å². The molecule has 1 spiro atoms. The Hall–Kier alpha value is -0.280. The Balaban J connectivity index is 1.94. The Morgan fingerprint density at radius 2 is 2.22 bits per heavy atom. The van der Waals surface area contributed by atoms with Crippen LogP contribution in [0.1, 0.15) is 39.5 Å². The second-order valence-electron chi connectivity index (χ2n) is 6.54. The lowest BCUT2D eigenvalue weighted by Crippen LogP contribution is -2.46. The van der Waals surface area contributed by atoms with Gasteiger partial charge in [0.2, 0.25) is 5.91 Å². The number of halogens is 1. The summed E-state index contributed by atoms with van der Waals surface area (Å²) in [5.41, 5.74) is 6.32. The van der Waals surface area contributed by atoms with E-state index in [1.54, 1.807) is 0 Å². The number of alkyl halides is 1. The van der Waals surface area contributed by atoms with Gasteiger partial charge in [-0.3, -0.25) is 4.79 Å². The molecule has 0 aromatic carbocycles. The fourth-order valence-electron chi connectivity index (χ4n) is 3.45. The number of carbonyl (C=O) groups excluding carboxylic acids is 1. The summed E-state index contributed by atoms with van der Waals surface area (Å²) in [6.07, 6.45) is 4.78. The smallest absolute Gasteiger partial charge is 0.239 e. The van der Waals surface area contributed by atoms with Gasteiger partial charge in [-0.25, -0.2) is 0 Å². The second-order valence-corrected chi connectivity index (χ2v) is 6.85. The Bertz CT molecular complexity index is 321. The minimum absolute atomic E-state index is 0.135. The molecular weight excluding hydrogens is 248 g/mol. The third kappa shape index (κ3) is 2.67. The number of nitrogens with zero attached hydrogens (tertiary/aromatic N) is 1. The average molecular weight is 273 g/mol. The normalized spacial score (nSPS) is 33.6. The van der Waals surface area contributed by atoms with Crippen molar-refractivity contribution in [1.82, 2.24) is 4.90 Å². The summed E-state index contributed by atoms with van der Waals surface area (Å²) in [5, 5.41) is 0. The Kier molecular flexibility index (Phi) is 4.22. The summed E-state index contributed by atoms with van der Waals surface area (Å²) in [6.45, 7) is 5.80. The fourth-order valence-corrected chi connectivity index (χ4v) is 3.71. The van der Waals surface area contributed by atoms with E-state index >= 15 is 0 Å². The number of hydrogen-bond donors (Lipinski definition) is 1. The van der Waals surface area contributed by atoms with Crippen LogP contribution in [0.25, 0.3) is 0 Å². The van der Waals surface area contributed by atoms with Crippen molar-refractivity contribution in [2.45, 2.75) is 45.6 Å². The highest BCUT2D eigenvalue weighted by Gasteiger charge is 2.45. The summed E-state index contributed by atoms with van der Waals surface area (Å²) in [4.78, 5) is 14.2. The number of hydrogen-bond acceptors (Lipinski definition) is 2. The summed E-state index contributed by atoms with van der Waals surface area (Å²) in [7, 11) is 0. The molecule has 0 aromatic heterocycles. The molecule has 18 heavy (non-hydrogen) atoms. The van der Waals surface area contributed by atoms with E-state index in [2.05, 4.69) is 0 Å². The largest absolute Gasteiger partial charge is 0.341 e. The molecule has 2 N–H and O–H groups in total. The van der Waals surface area contributed by atoms with Crippen LogP contribution in [0.3, 0.4) is 0 Å². The van der Waals surface area contributed by atoms with Gasteiger partial charge >= 0.3 is 0 Å². The standard InChI is InChI=1S/C14H25ClN2O/c1-10(2)12(16)13(18)17-6-5-14(9-17)4-3-11(7-14)8-15/h10-12H,3-9,16H2,1-2H3/t11-,12+,14+/m1/s1. The van der Waals surface area contributed by atoms with Crippen LogP contribution in [0.15, 0.2) is 0 Å². The number of carbonyl (C=O) groups is 1. The monoisotopic (exact) mass is 272 g/mol. The van der Waals surface area contributed by atoms with Crippen molar-refractivity contribution in [3.05, 3.63) is 0 Å². The first-order valence-corrected chi connectivity index (χ1v) is 7.61. The van der Waals surface area contributed by atoms with E-state index in [0.717, 1.165) is 25.4 Å². The fraction of sp³-hybridized carbons (Fsp3) is 0.929. The van der Waals surface area contributed by atoms with Crippen LogP contribution in [0.4, 0.5) is 0 Å². The highest BCUT2D eigenvalue weighted by Crippen LogP contribution is 2.48. The van der Waals surface area contributed by atoms with Gasteiger partial charge in [0.25, 0.3) is 0 Å². The van der Waals surface area contributed by atoms with Gasteiger partial charge in [0.05, 0.1) is 6.04 Å². The third-order valence-corrected chi connectivity index (χ3v) is 5.21. The van der Waals surface area contributed by atoms with Crippen LogP contribution in [0.2, 0.25) is 0 Å². The predicted octanol–water partition coefficient (Wildman–Crippen LogP) is 2.23. The first kappa shape index (κ1) is 14.1. The maximum atomic E-state index is 12.3. The van der Waals surface area contributed by atoms with E-state index in [1.165, 1.54) is 19.3 Å². The Morgan fingerprint density at radius 1 is 1.50 bits per heavy atom. The van der Waals surface area contributed by atoms with E-state index in [-0.39, 0.29) is 17.9 Å². The molecule has 4 heteroatoms. The lowest BCUT2D eigenvalue weighted by atomic mass is 9.85. The van der Waals surface area contributed by atoms with Gasteiger partial charge in [-0.1, -0.05) is 13.8 Å². The topological polar surface area (TPSA) is 46.3 Å². The van der Waals surface area contributed by atoms with Crippen molar-refractivity contribution in [3.8, 4) is 0 Å². The molecule has 1 aliphatic carbocycles.